The van der Waals surface area contributed by atoms with Gasteiger partial charge in [0.15, 0.2) is 0 Å². The Morgan fingerprint density at radius 3 is 2.37 bits per heavy atom. The first-order valence-corrected chi connectivity index (χ1v) is 11.6. The van der Waals surface area contributed by atoms with Crippen molar-refractivity contribution in [3.05, 3.63) is 47.3 Å². The Morgan fingerprint density at radius 2 is 1.82 bits per heavy atom. The van der Waals surface area contributed by atoms with Gasteiger partial charge in [-0.1, -0.05) is 0 Å². The van der Waals surface area contributed by atoms with Crippen LogP contribution in [-0.2, 0) is 4.74 Å². The topological polar surface area (TPSA) is 107 Å². The minimum Gasteiger partial charge on any atom is -0.444 e. The minimum absolute atomic E-state index is 0.00759. The number of carbonyl (C=O) groups excluding carboxylic acids is 2. The van der Waals surface area contributed by atoms with Gasteiger partial charge in [0, 0.05) is 36.3 Å². The lowest BCUT2D eigenvalue weighted by Gasteiger charge is -2.26. The number of ether oxygens (including phenoxy) is 1. The first-order valence-electron chi connectivity index (χ1n) is 11.6. The second-order valence-electron chi connectivity index (χ2n) is 9.89. The van der Waals surface area contributed by atoms with Crippen molar-refractivity contribution in [2.75, 3.05) is 18.0 Å². The van der Waals surface area contributed by atoms with Crippen LogP contribution in [-0.4, -0.2) is 53.9 Å². The van der Waals surface area contributed by atoms with Crippen molar-refractivity contribution in [1.29, 1.82) is 5.26 Å². The largest absolute Gasteiger partial charge is 0.444 e. The summed E-state index contributed by atoms with van der Waals surface area (Å²) in [7, 11) is 0. The maximum Gasteiger partial charge on any atom is 0.408 e. The summed E-state index contributed by atoms with van der Waals surface area (Å²) in [4.78, 5) is 30.7. The molecule has 0 saturated carbocycles. The van der Waals surface area contributed by atoms with Gasteiger partial charge in [-0.05, 0) is 45.4 Å². The van der Waals surface area contributed by atoms with Gasteiger partial charge < -0.3 is 20.3 Å². The molecule has 0 unspecified atom stereocenters. The Labute approximate surface area is 215 Å². The zero-order valence-electron chi connectivity index (χ0n) is 21.0. The first-order chi connectivity index (χ1) is 17.6. The number of pyridine rings is 1. The van der Waals surface area contributed by atoms with Crippen molar-refractivity contribution in [2.45, 2.75) is 58.0 Å². The quantitative estimate of drug-likeness (QED) is 0.535. The summed E-state index contributed by atoms with van der Waals surface area (Å²) >= 11 is 0. The van der Waals surface area contributed by atoms with Gasteiger partial charge in [0.1, 0.15) is 35.5 Å². The van der Waals surface area contributed by atoms with E-state index in [2.05, 4.69) is 10.3 Å². The van der Waals surface area contributed by atoms with Crippen molar-refractivity contribution >= 4 is 17.7 Å². The molecule has 0 aliphatic carbocycles. The maximum atomic E-state index is 14.1. The predicted octanol–water partition coefficient (Wildman–Crippen LogP) is 4.68. The van der Waals surface area contributed by atoms with Gasteiger partial charge in [-0.15, -0.1) is 0 Å². The van der Waals surface area contributed by atoms with E-state index >= 15 is 0 Å². The first kappa shape index (κ1) is 28.6. The van der Waals surface area contributed by atoms with Crippen molar-refractivity contribution < 1.29 is 36.3 Å². The molecule has 3 rings (SSSR count). The lowest BCUT2D eigenvalue weighted by molar-refractivity contribution is -0.149. The lowest BCUT2D eigenvalue weighted by atomic mass is 9.97. The monoisotopic (exact) mass is 539 g/mol. The Balaban J connectivity index is 2.09. The Kier molecular flexibility index (Phi) is 8.14. The Morgan fingerprint density at radius 1 is 1.18 bits per heavy atom. The SMILES string of the molecule is C[C@H](NC(=O)c1cnc(C#N)c(-c2cc(F)cc(F)c2)c1N1CC[C@H](OC(=O)NC(C)(C)C)C1)C(F)(F)F. The van der Waals surface area contributed by atoms with Crippen LogP contribution in [0.3, 0.4) is 0 Å². The molecule has 2 heterocycles. The second kappa shape index (κ2) is 10.8. The molecular weight excluding hydrogens is 513 g/mol. The fraction of sp³-hybridized carbons (Fsp3) is 0.440. The van der Waals surface area contributed by atoms with E-state index in [-0.39, 0.29) is 47.6 Å². The predicted molar refractivity (Wildman–Crippen MR) is 127 cm³/mol. The molecule has 1 aromatic heterocycles. The molecule has 1 aromatic carbocycles. The minimum atomic E-state index is -4.74. The van der Waals surface area contributed by atoms with E-state index in [0.717, 1.165) is 25.3 Å². The van der Waals surface area contributed by atoms with E-state index < -0.39 is 47.5 Å². The number of aromatic nitrogens is 1. The van der Waals surface area contributed by atoms with Crippen LogP contribution in [0.25, 0.3) is 11.1 Å². The van der Waals surface area contributed by atoms with Crippen LogP contribution in [0.5, 0.6) is 0 Å². The maximum absolute atomic E-state index is 14.1. The molecule has 2 amide bonds. The molecule has 0 radical (unpaired) electrons. The van der Waals surface area contributed by atoms with Gasteiger partial charge in [-0.25, -0.2) is 18.6 Å². The van der Waals surface area contributed by atoms with Crippen molar-refractivity contribution in [1.82, 2.24) is 15.6 Å². The van der Waals surface area contributed by atoms with Gasteiger partial charge >= 0.3 is 12.3 Å². The molecule has 0 bridgehead atoms. The van der Waals surface area contributed by atoms with Crippen molar-refractivity contribution in [3.63, 3.8) is 0 Å². The summed E-state index contributed by atoms with van der Waals surface area (Å²) in [5, 5.41) is 14.2. The van der Waals surface area contributed by atoms with E-state index in [1.807, 2.05) is 11.4 Å². The van der Waals surface area contributed by atoms with Gasteiger partial charge in [-0.3, -0.25) is 4.79 Å². The number of hydrogen-bond donors (Lipinski definition) is 2. The Bertz CT molecular complexity index is 1250. The smallest absolute Gasteiger partial charge is 0.408 e. The molecule has 1 aliphatic heterocycles. The molecule has 38 heavy (non-hydrogen) atoms. The van der Waals surface area contributed by atoms with Gasteiger partial charge in [0.05, 0.1) is 17.8 Å². The molecule has 1 aliphatic rings. The number of anilines is 1. The number of halogens is 5. The summed E-state index contributed by atoms with van der Waals surface area (Å²) in [5.41, 5.74) is -1.57. The van der Waals surface area contributed by atoms with Crippen LogP contribution in [0.2, 0.25) is 0 Å². The molecule has 1 saturated heterocycles. The summed E-state index contributed by atoms with van der Waals surface area (Å²) in [6, 6.07) is 2.04. The molecule has 204 valence electrons. The second-order valence-corrected chi connectivity index (χ2v) is 9.89. The number of benzene rings is 1. The van der Waals surface area contributed by atoms with E-state index in [9.17, 15) is 36.8 Å². The van der Waals surface area contributed by atoms with Crippen molar-refractivity contribution in [3.8, 4) is 17.2 Å². The number of rotatable bonds is 5. The van der Waals surface area contributed by atoms with E-state index in [1.54, 1.807) is 20.8 Å². The molecule has 1 fully saturated rings. The number of nitrogens with zero attached hydrogens (tertiary/aromatic N) is 3. The highest BCUT2D eigenvalue weighted by atomic mass is 19.4. The third kappa shape index (κ3) is 6.87. The van der Waals surface area contributed by atoms with Gasteiger partial charge in [0.25, 0.3) is 5.91 Å². The van der Waals surface area contributed by atoms with Crippen LogP contribution in [0.15, 0.2) is 24.4 Å². The molecule has 2 aromatic rings. The number of nitrogens with one attached hydrogen (secondary N) is 2. The summed E-state index contributed by atoms with van der Waals surface area (Å²) < 4.78 is 73.2. The highest BCUT2D eigenvalue weighted by Crippen LogP contribution is 2.39. The average molecular weight is 540 g/mol. The van der Waals surface area contributed by atoms with E-state index in [4.69, 9.17) is 4.74 Å². The molecule has 0 spiro atoms. The van der Waals surface area contributed by atoms with Crippen LogP contribution in [0.1, 0.15) is 50.2 Å². The highest BCUT2D eigenvalue weighted by Gasteiger charge is 2.39. The normalized spacial score (nSPS) is 16.5. The summed E-state index contributed by atoms with van der Waals surface area (Å²) in [6.07, 6.45) is -4.90. The average Bonchev–Trinajstić information content (AvgIpc) is 3.23. The Hall–Kier alpha value is -3.95. The van der Waals surface area contributed by atoms with Crippen LogP contribution >= 0.6 is 0 Å². The summed E-state index contributed by atoms with van der Waals surface area (Å²) in [5.74, 6) is -3.11. The third-order valence-corrected chi connectivity index (χ3v) is 5.60. The highest BCUT2D eigenvalue weighted by molar-refractivity contribution is 6.04. The number of alkyl carbamates (subject to hydrolysis) is 1. The zero-order valence-corrected chi connectivity index (χ0v) is 21.0. The van der Waals surface area contributed by atoms with Crippen LogP contribution in [0, 0.1) is 23.0 Å². The van der Waals surface area contributed by atoms with Gasteiger partial charge in [-0.2, -0.15) is 18.4 Å². The lowest BCUT2D eigenvalue weighted by Crippen LogP contribution is -2.43. The standard InChI is InChI=1S/C25H26F5N5O3/c1-13(25(28,29)30)33-22(36)18-11-32-19(10-31)20(14-7-15(26)9-16(27)8-14)21(18)35-6-5-17(12-35)38-23(37)34-24(2,3)4/h7-9,11,13,17H,5-6,12H2,1-4H3,(H,33,36)(H,34,37)/t13-,17-/m0/s1. The van der Waals surface area contributed by atoms with E-state index in [0.29, 0.717) is 6.07 Å². The van der Waals surface area contributed by atoms with Crippen molar-refractivity contribution in [2.24, 2.45) is 0 Å². The zero-order chi connectivity index (χ0) is 28.4. The molecular formula is C25H26F5N5O3. The number of hydrogen-bond acceptors (Lipinski definition) is 6. The molecule has 2 atom stereocenters. The van der Waals surface area contributed by atoms with Crippen LogP contribution < -0.4 is 15.5 Å². The van der Waals surface area contributed by atoms with Crippen LogP contribution in [0.4, 0.5) is 32.4 Å². The number of alkyl halides is 3. The molecule has 13 heteroatoms. The molecule has 2 N–H and O–H groups in total. The van der Waals surface area contributed by atoms with Gasteiger partial charge in [0.2, 0.25) is 0 Å². The number of amides is 2. The fourth-order valence-corrected chi connectivity index (χ4v) is 3.92. The number of carbonyl (C=O) groups is 2. The number of nitriles is 1. The fourth-order valence-electron chi connectivity index (χ4n) is 3.92. The molecule has 8 nitrogen and oxygen atoms in total. The summed E-state index contributed by atoms with van der Waals surface area (Å²) in [6.45, 7) is 6.17. The third-order valence-electron chi connectivity index (χ3n) is 5.60. The van der Waals surface area contributed by atoms with E-state index in [1.165, 1.54) is 4.90 Å².